The molecule has 0 aromatic heterocycles. The second kappa shape index (κ2) is 7.73. The number of nitrogens with one attached hydrogen (secondary N) is 1. The molecular formula is C15H23N3O3. The van der Waals surface area contributed by atoms with Crippen LogP contribution in [0, 0.1) is 28.9 Å². The van der Waals surface area contributed by atoms with Crippen molar-refractivity contribution in [2.45, 2.75) is 33.6 Å². The topological polar surface area (TPSA) is 98.3 Å². The van der Waals surface area contributed by atoms with Gasteiger partial charge in [0.15, 0.2) is 0 Å². The quantitative estimate of drug-likeness (QED) is 0.596. The van der Waals surface area contributed by atoms with Crippen LogP contribution in [0.4, 0.5) is 11.4 Å². The van der Waals surface area contributed by atoms with E-state index in [-0.39, 0.29) is 29.6 Å². The summed E-state index contributed by atoms with van der Waals surface area (Å²) in [6.07, 6.45) is 1.14. The van der Waals surface area contributed by atoms with Gasteiger partial charge in [-0.05, 0) is 43.4 Å². The minimum Gasteiger partial charge on any atom is -0.330 e. The molecule has 0 radical (unpaired) electrons. The maximum atomic E-state index is 12.1. The van der Waals surface area contributed by atoms with Crippen LogP contribution in [0.1, 0.15) is 32.3 Å². The largest absolute Gasteiger partial charge is 0.330 e. The summed E-state index contributed by atoms with van der Waals surface area (Å²) >= 11 is 0. The fraction of sp³-hybridized carbons (Fsp3) is 0.533. The first-order valence-corrected chi connectivity index (χ1v) is 7.08. The lowest BCUT2D eigenvalue weighted by Crippen LogP contribution is -2.23. The molecule has 1 aromatic rings. The predicted octanol–water partition coefficient (Wildman–Crippen LogP) is 2.85. The lowest BCUT2D eigenvalue weighted by molar-refractivity contribution is -0.383. The highest BCUT2D eigenvalue weighted by Crippen LogP contribution is 2.26. The molecule has 3 N–H and O–H groups in total. The SMILES string of the molecule is Cc1ccc([N+](=O)[O-])c(NC(=O)C[C@@H](CN)CC(C)C)c1. The minimum absolute atomic E-state index is 0.0915. The molecule has 1 atom stereocenters. The monoisotopic (exact) mass is 293 g/mol. The number of nitrogens with two attached hydrogens (primary N) is 1. The van der Waals surface area contributed by atoms with Gasteiger partial charge in [0.1, 0.15) is 5.69 Å². The fourth-order valence-corrected chi connectivity index (χ4v) is 2.30. The molecule has 0 bridgehead atoms. The number of nitrogens with zero attached hydrogens (tertiary/aromatic N) is 1. The van der Waals surface area contributed by atoms with Crippen LogP contribution in [0.5, 0.6) is 0 Å². The molecule has 0 aliphatic rings. The van der Waals surface area contributed by atoms with Crippen molar-refractivity contribution in [1.82, 2.24) is 0 Å². The van der Waals surface area contributed by atoms with Crippen LogP contribution >= 0.6 is 0 Å². The highest BCUT2D eigenvalue weighted by molar-refractivity contribution is 5.93. The molecule has 116 valence electrons. The molecule has 0 unspecified atom stereocenters. The lowest BCUT2D eigenvalue weighted by atomic mass is 9.94. The second-order valence-electron chi connectivity index (χ2n) is 5.76. The zero-order chi connectivity index (χ0) is 16.0. The molecule has 0 spiro atoms. The van der Waals surface area contributed by atoms with E-state index < -0.39 is 4.92 Å². The number of benzene rings is 1. The van der Waals surface area contributed by atoms with Crippen molar-refractivity contribution >= 4 is 17.3 Å². The average Bonchev–Trinajstić information content (AvgIpc) is 2.36. The molecule has 1 aromatic carbocycles. The Morgan fingerprint density at radius 1 is 1.43 bits per heavy atom. The molecule has 21 heavy (non-hydrogen) atoms. The number of hydrogen-bond donors (Lipinski definition) is 2. The van der Waals surface area contributed by atoms with Crippen molar-refractivity contribution in [3.63, 3.8) is 0 Å². The summed E-state index contributed by atoms with van der Waals surface area (Å²) in [4.78, 5) is 22.5. The zero-order valence-corrected chi connectivity index (χ0v) is 12.8. The van der Waals surface area contributed by atoms with Gasteiger partial charge in [0.2, 0.25) is 5.91 Å². The van der Waals surface area contributed by atoms with Gasteiger partial charge < -0.3 is 11.1 Å². The van der Waals surface area contributed by atoms with Gasteiger partial charge in [0, 0.05) is 12.5 Å². The Bertz CT molecular complexity index is 515. The first kappa shape index (κ1) is 17.1. The summed E-state index contributed by atoms with van der Waals surface area (Å²) in [5.41, 5.74) is 6.68. The number of nitro benzene ring substituents is 1. The van der Waals surface area contributed by atoms with E-state index in [4.69, 9.17) is 5.73 Å². The third-order valence-electron chi connectivity index (χ3n) is 3.23. The highest BCUT2D eigenvalue weighted by Gasteiger charge is 2.18. The van der Waals surface area contributed by atoms with Gasteiger partial charge >= 0.3 is 0 Å². The van der Waals surface area contributed by atoms with Crippen LogP contribution in [0.15, 0.2) is 18.2 Å². The molecule has 1 rings (SSSR count). The van der Waals surface area contributed by atoms with Crippen LogP contribution < -0.4 is 11.1 Å². The van der Waals surface area contributed by atoms with Crippen LogP contribution in [-0.2, 0) is 4.79 Å². The summed E-state index contributed by atoms with van der Waals surface area (Å²) in [5, 5.41) is 13.6. The van der Waals surface area contributed by atoms with E-state index in [2.05, 4.69) is 19.2 Å². The Balaban J connectivity index is 2.78. The van der Waals surface area contributed by atoms with Gasteiger partial charge in [-0.1, -0.05) is 19.9 Å². The minimum atomic E-state index is -0.496. The molecule has 0 heterocycles. The zero-order valence-electron chi connectivity index (χ0n) is 12.8. The second-order valence-corrected chi connectivity index (χ2v) is 5.76. The number of amides is 1. The molecule has 0 fully saturated rings. The standard InChI is InChI=1S/C15H23N3O3/c1-10(2)6-12(9-16)8-15(19)17-13-7-11(3)4-5-14(13)18(20)21/h4-5,7,10,12H,6,8-9,16H2,1-3H3,(H,17,19)/t12-/m0/s1. The van der Waals surface area contributed by atoms with Crippen LogP contribution in [0.3, 0.4) is 0 Å². The number of carbonyl (C=O) groups is 1. The Morgan fingerprint density at radius 2 is 2.10 bits per heavy atom. The van der Waals surface area contributed by atoms with E-state index in [0.29, 0.717) is 12.5 Å². The third kappa shape index (κ3) is 5.51. The van der Waals surface area contributed by atoms with Gasteiger partial charge in [-0.15, -0.1) is 0 Å². The van der Waals surface area contributed by atoms with Gasteiger partial charge in [-0.3, -0.25) is 14.9 Å². The Labute approximate surface area is 124 Å². The molecule has 0 aliphatic heterocycles. The molecule has 0 saturated heterocycles. The third-order valence-corrected chi connectivity index (χ3v) is 3.23. The Morgan fingerprint density at radius 3 is 2.62 bits per heavy atom. The van der Waals surface area contributed by atoms with Crippen molar-refractivity contribution in [1.29, 1.82) is 0 Å². The molecule has 0 saturated carbocycles. The number of carbonyl (C=O) groups excluding carboxylic acids is 1. The van der Waals surface area contributed by atoms with Gasteiger partial charge in [-0.25, -0.2) is 0 Å². The fourth-order valence-electron chi connectivity index (χ4n) is 2.30. The Hall–Kier alpha value is -1.95. The summed E-state index contributed by atoms with van der Waals surface area (Å²) in [6.45, 7) is 6.40. The summed E-state index contributed by atoms with van der Waals surface area (Å²) in [7, 11) is 0. The van der Waals surface area contributed by atoms with Crippen LogP contribution in [0.25, 0.3) is 0 Å². The molecular weight excluding hydrogens is 270 g/mol. The molecule has 6 nitrogen and oxygen atoms in total. The number of rotatable bonds is 7. The van der Waals surface area contributed by atoms with Crippen molar-refractivity contribution in [2.24, 2.45) is 17.6 Å². The number of anilines is 1. The Kier molecular flexibility index (Phi) is 6.30. The summed E-state index contributed by atoms with van der Waals surface area (Å²) in [6, 6.07) is 4.66. The highest BCUT2D eigenvalue weighted by atomic mass is 16.6. The molecule has 6 heteroatoms. The first-order chi connectivity index (χ1) is 9.83. The number of hydrogen-bond acceptors (Lipinski definition) is 4. The maximum absolute atomic E-state index is 12.1. The van der Waals surface area contributed by atoms with Crippen molar-refractivity contribution in [3.05, 3.63) is 33.9 Å². The van der Waals surface area contributed by atoms with E-state index in [1.165, 1.54) is 6.07 Å². The van der Waals surface area contributed by atoms with Crippen molar-refractivity contribution in [2.75, 3.05) is 11.9 Å². The number of aryl methyl sites for hydroxylation is 1. The first-order valence-electron chi connectivity index (χ1n) is 7.08. The van der Waals surface area contributed by atoms with E-state index in [1.807, 2.05) is 6.92 Å². The van der Waals surface area contributed by atoms with Gasteiger partial charge in [0.25, 0.3) is 5.69 Å². The summed E-state index contributed by atoms with van der Waals surface area (Å²) in [5.74, 6) is 0.313. The van der Waals surface area contributed by atoms with Crippen molar-refractivity contribution in [3.8, 4) is 0 Å². The van der Waals surface area contributed by atoms with Gasteiger partial charge in [-0.2, -0.15) is 0 Å². The van der Waals surface area contributed by atoms with E-state index >= 15 is 0 Å². The summed E-state index contributed by atoms with van der Waals surface area (Å²) < 4.78 is 0. The van der Waals surface area contributed by atoms with Crippen LogP contribution in [0.2, 0.25) is 0 Å². The maximum Gasteiger partial charge on any atom is 0.292 e. The normalized spacial score (nSPS) is 12.2. The van der Waals surface area contributed by atoms with Crippen molar-refractivity contribution < 1.29 is 9.72 Å². The van der Waals surface area contributed by atoms with Crippen LogP contribution in [-0.4, -0.2) is 17.4 Å². The van der Waals surface area contributed by atoms with E-state index in [9.17, 15) is 14.9 Å². The molecule has 0 aliphatic carbocycles. The van der Waals surface area contributed by atoms with Gasteiger partial charge in [0.05, 0.1) is 4.92 Å². The smallest absolute Gasteiger partial charge is 0.292 e. The lowest BCUT2D eigenvalue weighted by Gasteiger charge is -2.16. The number of nitro groups is 1. The van der Waals surface area contributed by atoms with E-state index in [1.54, 1.807) is 12.1 Å². The average molecular weight is 293 g/mol. The van der Waals surface area contributed by atoms with E-state index in [0.717, 1.165) is 12.0 Å². The molecule has 1 amide bonds. The predicted molar refractivity (Wildman–Crippen MR) is 83.1 cm³/mol.